The Hall–Kier alpha value is -0.0400. The summed E-state index contributed by atoms with van der Waals surface area (Å²) in [6.45, 7) is 20.4. The summed E-state index contributed by atoms with van der Waals surface area (Å²) in [7, 11) is 0. The Morgan fingerprint density at radius 3 is 2.03 bits per heavy atom. The van der Waals surface area contributed by atoms with Crippen molar-refractivity contribution in [3.8, 4) is 0 Å². The van der Waals surface area contributed by atoms with Gasteiger partial charge < -0.3 is 5.11 Å². The van der Waals surface area contributed by atoms with Gasteiger partial charge in [-0.25, -0.2) is 0 Å². The molecule has 0 aromatic heterocycles. The lowest BCUT2D eigenvalue weighted by atomic mass is 9.43. The van der Waals surface area contributed by atoms with Gasteiger partial charge in [-0.3, -0.25) is 0 Å². The minimum Gasteiger partial charge on any atom is -0.393 e. The molecule has 5 rings (SSSR count). The van der Waals surface area contributed by atoms with Gasteiger partial charge in [0.2, 0.25) is 0 Å². The zero-order chi connectivity index (χ0) is 23.2. The van der Waals surface area contributed by atoms with Crippen LogP contribution in [-0.2, 0) is 0 Å². The van der Waals surface area contributed by atoms with Crippen LogP contribution >= 0.6 is 0 Å². The lowest BCUT2D eigenvalue weighted by Crippen LogP contribution is -2.56. The molecular formula is C31H54O. The van der Waals surface area contributed by atoms with Gasteiger partial charge in [-0.05, 0) is 133 Å². The monoisotopic (exact) mass is 442 g/mol. The molecule has 13 atom stereocenters. The van der Waals surface area contributed by atoms with Crippen molar-refractivity contribution >= 4 is 0 Å². The predicted octanol–water partition coefficient (Wildman–Crippen LogP) is 8.21. The zero-order valence-electron chi connectivity index (χ0n) is 22.7. The van der Waals surface area contributed by atoms with E-state index in [1.807, 2.05) is 0 Å². The van der Waals surface area contributed by atoms with E-state index in [4.69, 9.17) is 0 Å². The average molecular weight is 443 g/mol. The fraction of sp³-hybridized carbons (Fsp3) is 1.00. The van der Waals surface area contributed by atoms with E-state index in [0.717, 1.165) is 59.7 Å². The predicted molar refractivity (Wildman–Crippen MR) is 135 cm³/mol. The van der Waals surface area contributed by atoms with Crippen LogP contribution in [0.4, 0.5) is 0 Å². The second-order valence-electron chi connectivity index (χ2n) is 15.0. The molecule has 0 heterocycles. The Kier molecular flexibility index (Phi) is 5.72. The molecule has 5 fully saturated rings. The summed E-state index contributed by atoms with van der Waals surface area (Å²) in [6.07, 6.45) is 12.6. The topological polar surface area (TPSA) is 20.2 Å². The minimum absolute atomic E-state index is 0.0451. The lowest BCUT2D eigenvalue weighted by molar-refractivity contribution is -0.149. The highest BCUT2D eigenvalue weighted by Crippen LogP contribution is 2.72. The first-order valence-corrected chi connectivity index (χ1v) is 14.6. The molecule has 0 amide bonds. The normalized spacial score (nSPS) is 56.8. The number of hydrogen-bond acceptors (Lipinski definition) is 1. The van der Waals surface area contributed by atoms with E-state index in [2.05, 4.69) is 55.4 Å². The summed E-state index contributed by atoms with van der Waals surface area (Å²) in [5.74, 6) is 8.63. The molecule has 1 heteroatoms. The number of fused-ring (bicyclic) bond motifs is 5. The van der Waals surface area contributed by atoms with E-state index >= 15 is 0 Å². The van der Waals surface area contributed by atoms with Crippen LogP contribution in [0.15, 0.2) is 0 Å². The molecule has 5 aliphatic carbocycles. The van der Waals surface area contributed by atoms with E-state index in [1.54, 1.807) is 0 Å². The van der Waals surface area contributed by atoms with Crippen LogP contribution in [-0.4, -0.2) is 11.2 Å². The Bertz CT molecular complexity index is 713. The molecule has 0 spiro atoms. The molecule has 1 nitrogen and oxygen atoms in total. The molecule has 184 valence electrons. The first-order chi connectivity index (χ1) is 14.9. The second kappa shape index (κ2) is 7.73. The molecule has 32 heavy (non-hydrogen) atoms. The first kappa shape index (κ1) is 23.7. The third-order valence-electron chi connectivity index (χ3n) is 13.9. The Morgan fingerprint density at radius 1 is 0.719 bits per heavy atom. The van der Waals surface area contributed by atoms with Crippen molar-refractivity contribution in [1.29, 1.82) is 0 Å². The zero-order valence-corrected chi connectivity index (χ0v) is 22.7. The molecule has 0 aromatic rings. The van der Waals surface area contributed by atoms with Gasteiger partial charge in [0, 0.05) is 0 Å². The minimum atomic E-state index is -0.0451. The van der Waals surface area contributed by atoms with E-state index < -0.39 is 0 Å². The summed E-state index contributed by atoms with van der Waals surface area (Å²) >= 11 is 0. The van der Waals surface area contributed by atoms with Crippen LogP contribution in [0.5, 0.6) is 0 Å². The summed E-state index contributed by atoms with van der Waals surface area (Å²) in [5.41, 5.74) is 1.69. The Labute approximate surface area is 199 Å². The van der Waals surface area contributed by atoms with Crippen LogP contribution in [0, 0.1) is 75.4 Å². The van der Waals surface area contributed by atoms with Crippen LogP contribution in [0.1, 0.15) is 113 Å². The van der Waals surface area contributed by atoms with E-state index in [0.29, 0.717) is 22.2 Å². The molecule has 0 radical (unpaired) electrons. The van der Waals surface area contributed by atoms with Crippen molar-refractivity contribution in [3.63, 3.8) is 0 Å². The van der Waals surface area contributed by atoms with Crippen LogP contribution < -0.4 is 0 Å². The standard InChI is InChI=1S/C31H54O/c1-18(2)21(5)31(8)17-27(31)19(3)23-11-12-25-22-9-10-24-20(4)28(32)14-16-30(24,7)26(22)13-15-29(23,25)6/h18-28,32H,9-17H2,1-8H3/t19-,20-,21+,22?,23?,24-,25?,26?,27-,28?,29?,30?,31-/m0/s1. The summed E-state index contributed by atoms with van der Waals surface area (Å²) < 4.78 is 0. The quantitative estimate of drug-likeness (QED) is 0.465. The smallest absolute Gasteiger partial charge is 0.0568 e. The van der Waals surface area contributed by atoms with Gasteiger partial charge in [0.1, 0.15) is 0 Å². The SMILES string of the molecule is CC(C)[C@@H](C)[C@]1(C)C[C@H]1[C@@H](C)C1CCC2C3CC[C@H]4[C@H](C)C(O)CCC4(C)C3CCC21C. The maximum Gasteiger partial charge on any atom is 0.0568 e. The van der Waals surface area contributed by atoms with Gasteiger partial charge in [0.05, 0.1) is 6.10 Å². The van der Waals surface area contributed by atoms with E-state index in [-0.39, 0.29) is 6.10 Å². The third kappa shape index (κ3) is 3.18. The van der Waals surface area contributed by atoms with Crippen LogP contribution in [0.25, 0.3) is 0 Å². The van der Waals surface area contributed by atoms with Gasteiger partial charge >= 0.3 is 0 Å². The largest absolute Gasteiger partial charge is 0.393 e. The number of aliphatic hydroxyl groups is 1. The molecule has 0 aliphatic heterocycles. The molecule has 7 unspecified atom stereocenters. The maximum atomic E-state index is 10.6. The van der Waals surface area contributed by atoms with Crippen molar-refractivity contribution in [1.82, 2.24) is 0 Å². The highest BCUT2D eigenvalue weighted by atomic mass is 16.3. The number of rotatable bonds is 4. The first-order valence-electron chi connectivity index (χ1n) is 14.6. The van der Waals surface area contributed by atoms with E-state index in [1.165, 1.54) is 51.4 Å². The third-order valence-corrected chi connectivity index (χ3v) is 13.9. The molecule has 0 bridgehead atoms. The van der Waals surface area contributed by atoms with Gasteiger partial charge in [0.15, 0.2) is 0 Å². The highest BCUT2D eigenvalue weighted by molar-refractivity contribution is 5.13. The fourth-order valence-corrected chi connectivity index (χ4v) is 11.4. The van der Waals surface area contributed by atoms with Gasteiger partial charge in [-0.1, -0.05) is 55.4 Å². The van der Waals surface area contributed by atoms with Crippen LogP contribution in [0.2, 0.25) is 0 Å². The van der Waals surface area contributed by atoms with E-state index in [9.17, 15) is 5.11 Å². The van der Waals surface area contributed by atoms with Crippen molar-refractivity contribution in [2.75, 3.05) is 0 Å². The average Bonchev–Trinajstić information content (AvgIpc) is 3.31. The molecule has 0 aromatic carbocycles. The number of aliphatic hydroxyl groups excluding tert-OH is 1. The van der Waals surface area contributed by atoms with Crippen molar-refractivity contribution < 1.29 is 5.11 Å². The summed E-state index contributed by atoms with van der Waals surface area (Å²) in [5, 5.41) is 10.6. The van der Waals surface area contributed by atoms with Gasteiger partial charge in [-0.15, -0.1) is 0 Å². The Morgan fingerprint density at radius 2 is 1.34 bits per heavy atom. The second-order valence-corrected chi connectivity index (χ2v) is 15.0. The molecule has 5 aliphatic rings. The molecule has 0 saturated heterocycles. The lowest BCUT2D eigenvalue weighted by Gasteiger charge is -2.62. The molecule has 5 saturated carbocycles. The molecular weight excluding hydrogens is 388 g/mol. The highest BCUT2D eigenvalue weighted by Gasteiger charge is 2.64. The number of hydrogen-bond donors (Lipinski definition) is 1. The Balaban J connectivity index is 1.34. The van der Waals surface area contributed by atoms with Gasteiger partial charge in [-0.2, -0.15) is 0 Å². The summed E-state index contributed by atoms with van der Waals surface area (Å²) in [6, 6.07) is 0. The van der Waals surface area contributed by atoms with Crippen LogP contribution in [0.3, 0.4) is 0 Å². The fourth-order valence-electron chi connectivity index (χ4n) is 11.4. The van der Waals surface area contributed by atoms with Crippen molar-refractivity contribution in [3.05, 3.63) is 0 Å². The van der Waals surface area contributed by atoms with Crippen molar-refractivity contribution in [2.45, 2.75) is 119 Å². The van der Waals surface area contributed by atoms with Crippen molar-refractivity contribution in [2.24, 2.45) is 75.4 Å². The van der Waals surface area contributed by atoms with Gasteiger partial charge in [0.25, 0.3) is 0 Å². The summed E-state index contributed by atoms with van der Waals surface area (Å²) in [4.78, 5) is 0. The molecule has 1 N–H and O–H groups in total. The maximum absolute atomic E-state index is 10.6.